The molecule has 3 heterocycles. The molecule has 2 aromatic heterocycles. The Bertz CT molecular complexity index is 929. The molecule has 1 unspecified atom stereocenters. The Kier molecular flexibility index (Phi) is 5.40. The van der Waals surface area contributed by atoms with Gasteiger partial charge in [-0.1, -0.05) is 11.6 Å². The third-order valence-electron chi connectivity index (χ3n) is 4.21. The SMILES string of the molecule is CC(=O)Nc1nc(N2CCC(C(=O)OC(C)(C)C)[C@@H]2N)c2nc(Cl)ccc2n1. The topological polar surface area (TPSA) is 123 Å². The highest BCUT2D eigenvalue weighted by Crippen LogP contribution is 2.33. The first-order valence-electron chi connectivity index (χ1n) is 8.92. The number of nitrogens with one attached hydrogen (secondary N) is 1. The minimum atomic E-state index is -0.654. The third kappa shape index (κ3) is 4.31. The van der Waals surface area contributed by atoms with Crippen molar-refractivity contribution in [3.8, 4) is 0 Å². The van der Waals surface area contributed by atoms with Gasteiger partial charge >= 0.3 is 5.97 Å². The number of hydrogen-bond acceptors (Lipinski definition) is 8. The second-order valence-electron chi connectivity index (χ2n) is 7.67. The molecule has 0 radical (unpaired) electrons. The van der Waals surface area contributed by atoms with Gasteiger partial charge in [0.05, 0.1) is 17.6 Å². The van der Waals surface area contributed by atoms with Gasteiger partial charge in [0.25, 0.3) is 0 Å². The van der Waals surface area contributed by atoms with Crippen molar-refractivity contribution < 1.29 is 14.3 Å². The molecular weight excluding hydrogens is 384 g/mol. The fraction of sp³-hybridized carbons (Fsp3) is 0.500. The van der Waals surface area contributed by atoms with Gasteiger partial charge in [0.15, 0.2) is 5.82 Å². The van der Waals surface area contributed by atoms with Gasteiger partial charge in [-0.05, 0) is 39.3 Å². The van der Waals surface area contributed by atoms with E-state index in [0.29, 0.717) is 29.8 Å². The molecule has 2 atom stereocenters. The quantitative estimate of drug-likeness (QED) is 0.586. The smallest absolute Gasteiger partial charge is 0.313 e. The molecule has 1 amide bonds. The van der Waals surface area contributed by atoms with Crippen molar-refractivity contribution >= 4 is 46.3 Å². The predicted molar refractivity (Wildman–Crippen MR) is 106 cm³/mol. The summed E-state index contributed by atoms with van der Waals surface area (Å²) in [6.45, 7) is 7.28. The number of rotatable bonds is 3. The van der Waals surface area contributed by atoms with E-state index in [9.17, 15) is 9.59 Å². The number of aromatic nitrogens is 3. The molecule has 150 valence electrons. The minimum Gasteiger partial charge on any atom is -0.460 e. The summed E-state index contributed by atoms with van der Waals surface area (Å²) < 4.78 is 5.49. The van der Waals surface area contributed by atoms with Crippen molar-refractivity contribution in [3.05, 3.63) is 17.3 Å². The van der Waals surface area contributed by atoms with E-state index in [4.69, 9.17) is 22.1 Å². The molecule has 1 aliphatic rings. The molecule has 0 spiro atoms. The van der Waals surface area contributed by atoms with Crippen LogP contribution in [0.5, 0.6) is 0 Å². The molecule has 1 saturated heterocycles. The number of amides is 1. The van der Waals surface area contributed by atoms with E-state index >= 15 is 0 Å². The monoisotopic (exact) mass is 406 g/mol. The summed E-state index contributed by atoms with van der Waals surface area (Å²) in [6, 6.07) is 3.29. The molecule has 28 heavy (non-hydrogen) atoms. The maximum Gasteiger partial charge on any atom is 0.313 e. The van der Waals surface area contributed by atoms with Crippen LogP contribution in [-0.2, 0) is 14.3 Å². The van der Waals surface area contributed by atoms with Crippen molar-refractivity contribution in [1.82, 2.24) is 15.0 Å². The Hall–Kier alpha value is -2.52. The number of nitrogens with zero attached hydrogens (tertiary/aromatic N) is 4. The fourth-order valence-corrected chi connectivity index (χ4v) is 3.23. The molecule has 0 saturated carbocycles. The third-order valence-corrected chi connectivity index (χ3v) is 4.42. The van der Waals surface area contributed by atoms with Gasteiger partial charge in [-0.25, -0.2) is 9.97 Å². The number of nitrogens with two attached hydrogens (primary N) is 1. The summed E-state index contributed by atoms with van der Waals surface area (Å²) in [4.78, 5) is 38.8. The second-order valence-corrected chi connectivity index (χ2v) is 8.05. The highest BCUT2D eigenvalue weighted by atomic mass is 35.5. The summed E-state index contributed by atoms with van der Waals surface area (Å²) in [7, 11) is 0. The first kappa shape index (κ1) is 20.2. The molecule has 0 aliphatic carbocycles. The average Bonchev–Trinajstić information content (AvgIpc) is 2.94. The number of carbonyl (C=O) groups is 2. The zero-order valence-corrected chi connectivity index (χ0v) is 16.9. The van der Waals surface area contributed by atoms with Gasteiger partial charge in [0, 0.05) is 13.5 Å². The summed E-state index contributed by atoms with van der Waals surface area (Å²) >= 11 is 6.05. The Morgan fingerprint density at radius 1 is 1.29 bits per heavy atom. The van der Waals surface area contributed by atoms with Crippen LogP contribution in [0.1, 0.15) is 34.1 Å². The lowest BCUT2D eigenvalue weighted by Gasteiger charge is -2.27. The van der Waals surface area contributed by atoms with Gasteiger partial charge in [0.2, 0.25) is 11.9 Å². The van der Waals surface area contributed by atoms with Gasteiger partial charge in [-0.15, -0.1) is 0 Å². The van der Waals surface area contributed by atoms with Crippen LogP contribution in [0.4, 0.5) is 11.8 Å². The predicted octanol–water partition coefficient (Wildman–Crippen LogP) is 2.09. The zero-order chi connectivity index (χ0) is 20.6. The Balaban J connectivity index is 1.99. The van der Waals surface area contributed by atoms with Crippen molar-refractivity contribution in [2.45, 2.75) is 45.9 Å². The molecule has 9 nitrogen and oxygen atoms in total. The van der Waals surface area contributed by atoms with E-state index in [-0.39, 0.29) is 23.0 Å². The van der Waals surface area contributed by atoms with Crippen LogP contribution in [0.3, 0.4) is 0 Å². The number of esters is 1. The van der Waals surface area contributed by atoms with Crippen LogP contribution < -0.4 is 16.0 Å². The molecule has 1 aliphatic heterocycles. The number of ether oxygens (including phenoxy) is 1. The minimum absolute atomic E-state index is 0.132. The van der Waals surface area contributed by atoms with Gasteiger partial charge in [-0.2, -0.15) is 4.98 Å². The van der Waals surface area contributed by atoms with E-state index in [2.05, 4.69) is 20.3 Å². The standard InChI is InChI=1S/C18H23ClN6O3/c1-9(26)21-17-22-11-5-6-12(19)23-13(11)15(24-17)25-8-7-10(14(25)20)16(27)28-18(2,3)4/h5-6,10,14H,7-8,20H2,1-4H3,(H,21,22,24,26)/t10?,14-/m1/s1. The van der Waals surface area contributed by atoms with Crippen LogP contribution in [-0.4, -0.2) is 45.1 Å². The number of pyridine rings is 1. The number of carbonyl (C=O) groups excluding carboxylic acids is 2. The summed E-state index contributed by atoms with van der Waals surface area (Å²) in [5.74, 6) is -0.618. The Morgan fingerprint density at radius 2 is 2.00 bits per heavy atom. The lowest BCUT2D eigenvalue weighted by molar-refractivity contribution is -0.160. The van der Waals surface area contributed by atoms with Gasteiger partial charge < -0.3 is 15.4 Å². The maximum absolute atomic E-state index is 12.5. The molecule has 10 heteroatoms. The molecular formula is C18H23ClN6O3. The van der Waals surface area contributed by atoms with Crippen LogP contribution in [0.15, 0.2) is 12.1 Å². The lowest BCUT2D eigenvalue weighted by Crippen LogP contribution is -2.45. The molecule has 3 N–H and O–H groups in total. The average molecular weight is 407 g/mol. The van der Waals surface area contributed by atoms with E-state index in [1.54, 1.807) is 17.0 Å². The normalized spacial score (nSPS) is 19.7. The fourth-order valence-electron chi connectivity index (χ4n) is 3.09. The van der Waals surface area contributed by atoms with E-state index in [1.165, 1.54) is 6.92 Å². The molecule has 3 rings (SSSR count). The summed E-state index contributed by atoms with van der Waals surface area (Å²) in [6.07, 6.45) is -0.142. The van der Waals surface area contributed by atoms with Gasteiger partial charge in [0.1, 0.15) is 16.3 Å². The number of halogens is 1. The van der Waals surface area contributed by atoms with Crippen LogP contribution >= 0.6 is 11.6 Å². The van der Waals surface area contributed by atoms with Crippen LogP contribution in [0, 0.1) is 5.92 Å². The number of fused-ring (bicyclic) bond motifs is 1. The number of hydrogen-bond donors (Lipinski definition) is 2. The van der Waals surface area contributed by atoms with Crippen LogP contribution in [0.25, 0.3) is 11.0 Å². The summed E-state index contributed by atoms with van der Waals surface area (Å²) in [5.41, 5.74) is 6.73. The molecule has 0 aromatic carbocycles. The first-order valence-corrected chi connectivity index (χ1v) is 9.30. The number of anilines is 2. The van der Waals surface area contributed by atoms with Gasteiger partial charge in [-0.3, -0.25) is 14.9 Å². The van der Waals surface area contributed by atoms with Crippen LogP contribution in [0.2, 0.25) is 5.15 Å². The van der Waals surface area contributed by atoms with E-state index in [1.807, 2.05) is 20.8 Å². The first-order chi connectivity index (χ1) is 13.0. The summed E-state index contributed by atoms with van der Waals surface area (Å²) in [5, 5.41) is 2.85. The van der Waals surface area contributed by atoms with E-state index < -0.39 is 17.7 Å². The second kappa shape index (κ2) is 7.48. The lowest BCUT2D eigenvalue weighted by atomic mass is 10.1. The van der Waals surface area contributed by atoms with Crippen molar-refractivity contribution in [3.63, 3.8) is 0 Å². The highest BCUT2D eigenvalue weighted by Gasteiger charge is 2.40. The van der Waals surface area contributed by atoms with Crippen molar-refractivity contribution in [1.29, 1.82) is 0 Å². The van der Waals surface area contributed by atoms with Crippen molar-refractivity contribution in [2.24, 2.45) is 11.7 Å². The van der Waals surface area contributed by atoms with Crippen molar-refractivity contribution in [2.75, 3.05) is 16.8 Å². The molecule has 2 aromatic rings. The zero-order valence-electron chi connectivity index (χ0n) is 16.2. The largest absolute Gasteiger partial charge is 0.460 e. The Labute approximate surface area is 167 Å². The molecule has 1 fully saturated rings. The molecule has 0 bridgehead atoms. The van der Waals surface area contributed by atoms with E-state index in [0.717, 1.165) is 0 Å². The maximum atomic E-state index is 12.5. The highest BCUT2D eigenvalue weighted by molar-refractivity contribution is 6.29. The Morgan fingerprint density at radius 3 is 2.64 bits per heavy atom.